The SMILES string of the molecule is Cc1ccccc1OCC(=O)c1ccc(-c2noc(C(F)(F)F)n2)cc1. The molecular weight excluding hydrogens is 349 g/mol. The largest absolute Gasteiger partial charge is 0.485 e. The molecule has 0 fully saturated rings. The lowest BCUT2D eigenvalue weighted by atomic mass is 10.1. The number of carbonyl (C=O) groups is 1. The number of halogens is 3. The van der Waals surface area contributed by atoms with Crippen molar-refractivity contribution in [3.05, 3.63) is 65.5 Å². The molecule has 2 aromatic carbocycles. The van der Waals surface area contributed by atoms with E-state index >= 15 is 0 Å². The fourth-order valence-electron chi connectivity index (χ4n) is 2.21. The Kier molecular flexibility index (Phi) is 4.75. The second kappa shape index (κ2) is 6.99. The first-order chi connectivity index (χ1) is 12.3. The lowest BCUT2D eigenvalue weighted by Gasteiger charge is -2.08. The zero-order valence-electron chi connectivity index (χ0n) is 13.6. The number of hydrogen-bond donors (Lipinski definition) is 0. The maximum absolute atomic E-state index is 12.5. The summed E-state index contributed by atoms with van der Waals surface area (Å²) in [5.74, 6) is -1.26. The third kappa shape index (κ3) is 3.90. The summed E-state index contributed by atoms with van der Waals surface area (Å²) >= 11 is 0. The predicted octanol–water partition coefficient (Wildman–Crippen LogP) is 4.33. The smallest absolute Gasteiger partial charge is 0.471 e. The number of aromatic nitrogens is 2. The highest BCUT2D eigenvalue weighted by molar-refractivity contribution is 5.97. The number of hydrogen-bond acceptors (Lipinski definition) is 5. The molecule has 8 heteroatoms. The number of alkyl halides is 3. The Balaban J connectivity index is 1.68. The van der Waals surface area contributed by atoms with Crippen molar-refractivity contribution in [2.75, 3.05) is 6.61 Å². The van der Waals surface area contributed by atoms with Crippen LogP contribution in [0.2, 0.25) is 0 Å². The Morgan fingerprint density at radius 2 is 1.81 bits per heavy atom. The molecule has 0 aliphatic carbocycles. The average molecular weight is 362 g/mol. The van der Waals surface area contributed by atoms with Crippen LogP contribution in [0.1, 0.15) is 21.8 Å². The van der Waals surface area contributed by atoms with Gasteiger partial charge in [-0.1, -0.05) is 47.6 Å². The van der Waals surface area contributed by atoms with Crippen LogP contribution >= 0.6 is 0 Å². The van der Waals surface area contributed by atoms with Gasteiger partial charge < -0.3 is 9.26 Å². The molecule has 5 nitrogen and oxygen atoms in total. The molecule has 0 saturated heterocycles. The molecule has 0 spiro atoms. The molecular formula is C18H13F3N2O3. The number of aryl methyl sites for hydroxylation is 1. The summed E-state index contributed by atoms with van der Waals surface area (Å²) in [7, 11) is 0. The van der Waals surface area contributed by atoms with Gasteiger partial charge in [0.05, 0.1) is 0 Å². The van der Waals surface area contributed by atoms with E-state index in [9.17, 15) is 18.0 Å². The van der Waals surface area contributed by atoms with Crippen molar-refractivity contribution in [2.24, 2.45) is 0 Å². The number of benzene rings is 2. The standard InChI is InChI=1S/C18H13F3N2O3/c1-11-4-2-3-5-15(11)25-10-14(24)12-6-8-13(9-7-12)16-22-17(26-23-16)18(19,20)21/h2-9H,10H2,1H3. The van der Waals surface area contributed by atoms with E-state index in [1.165, 1.54) is 24.3 Å². The minimum atomic E-state index is -4.70. The van der Waals surface area contributed by atoms with E-state index in [1.807, 2.05) is 25.1 Å². The summed E-state index contributed by atoms with van der Waals surface area (Å²) in [5, 5.41) is 3.30. The Morgan fingerprint density at radius 1 is 1.12 bits per heavy atom. The van der Waals surface area contributed by atoms with Crippen LogP contribution in [0.15, 0.2) is 53.1 Å². The summed E-state index contributed by atoms with van der Waals surface area (Å²) in [6.45, 7) is 1.72. The number of Topliss-reactive ketones (excluding diaryl/α,β-unsaturated/α-hetero) is 1. The van der Waals surface area contributed by atoms with Crippen molar-refractivity contribution < 1.29 is 27.2 Å². The van der Waals surface area contributed by atoms with Gasteiger partial charge in [0.2, 0.25) is 5.82 Å². The predicted molar refractivity (Wildman–Crippen MR) is 85.7 cm³/mol. The topological polar surface area (TPSA) is 65.2 Å². The highest BCUT2D eigenvalue weighted by atomic mass is 19.4. The van der Waals surface area contributed by atoms with Gasteiger partial charge in [-0.3, -0.25) is 4.79 Å². The monoisotopic (exact) mass is 362 g/mol. The number of carbonyl (C=O) groups excluding carboxylic acids is 1. The maximum Gasteiger partial charge on any atom is 0.471 e. The van der Waals surface area contributed by atoms with E-state index in [1.54, 1.807) is 6.07 Å². The van der Waals surface area contributed by atoms with E-state index in [-0.39, 0.29) is 18.2 Å². The normalized spacial score (nSPS) is 11.4. The van der Waals surface area contributed by atoms with Gasteiger partial charge in [0, 0.05) is 11.1 Å². The highest BCUT2D eigenvalue weighted by Gasteiger charge is 2.38. The second-order valence-corrected chi connectivity index (χ2v) is 5.48. The van der Waals surface area contributed by atoms with Crippen LogP contribution in [0.5, 0.6) is 5.75 Å². The number of rotatable bonds is 5. The summed E-state index contributed by atoms with van der Waals surface area (Å²) in [6.07, 6.45) is -4.70. The third-order valence-corrected chi connectivity index (χ3v) is 3.59. The van der Waals surface area contributed by atoms with Crippen LogP contribution in [-0.4, -0.2) is 22.5 Å². The second-order valence-electron chi connectivity index (χ2n) is 5.48. The van der Waals surface area contributed by atoms with E-state index in [4.69, 9.17) is 4.74 Å². The fourth-order valence-corrected chi connectivity index (χ4v) is 2.21. The highest BCUT2D eigenvalue weighted by Crippen LogP contribution is 2.29. The molecule has 3 aromatic rings. The van der Waals surface area contributed by atoms with Crippen LogP contribution in [0.4, 0.5) is 13.2 Å². The zero-order chi connectivity index (χ0) is 18.7. The first-order valence-electron chi connectivity index (χ1n) is 7.57. The molecule has 0 atom stereocenters. The Labute approximate surface area is 146 Å². The van der Waals surface area contributed by atoms with Crippen LogP contribution < -0.4 is 4.74 Å². The van der Waals surface area contributed by atoms with Gasteiger partial charge in [-0.25, -0.2) is 0 Å². The fraction of sp³-hybridized carbons (Fsp3) is 0.167. The lowest BCUT2D eigenvalue weighted by molar-refractivity contribution is -0.159. The van der Waals surface area contributed by atoms with E-state index in [0.717, 1.165) is 5.56 Å². The molecule has 0 unspecified atom stereocenters. The molecule has 134 valence electrons. The number of ketones is 1. The first kappa shape index (κ1) is 17.7. The molecule has 26 heavy (non-hydrogen) atoms. The molecule has 0 saturated carbocycles. The summed E-state index contributed by atoms with van der Waals surface area (Å²) in [6, 6.07) is 13.2. The Morgan fingerprint density at radius 3 is 2.42 bits per heavy atom. The Hall–Kier alpha value is -3.16. The third-order valence-electron chi connectivity index (χ3n) is 3.59. The van der Waals surface area contributed by atoms with Gasteiger partial charge in [-0.2, -0.15) is 18.2 Å². The van der Waals surface area contributed by atoms with Crippen molar-refractivity contribution in [1.29, 1.82) is 0 Å². The summed E-state index contributed by atoms with van der Waals surface area (Å²) in [5.41, 5.74) is 1.58. The molecule has 0 amide bonds. The molecule has 0 N–H and O–H groups in total. The van der Waals surface area contributed by atoms with E-state index in [2.05, 4.69) is 14.7 Å². The summed E-state index contributed by atoms with van der Waals surface area (Å²) in [4.78, 5) is 15.5. The van der Waals surface area contributed by atoms with Gasteiger partial charge >= 0.3 is 12.1 Å². The van der Waals surface area contributed by atoms with Crippen molar-refractivity contribution >= 4 is 5.78 Å². The van der Waals surface area contributed by atoms with Gasteiger partial charge in [-0.15, -0.1) is 0 Å². The molecule has 1 aromatic heterocycles. The van der Waals surface area contributed by atoms with Gasteiger partial charge in [0.25, 0.3) is 0 Å². The molecule has 3 rings (SSSR count). The minimum Gasteiger partial charge on any atom is -0.485 e. The average Bonchev–Trinajstić information content (AvgIpc) is 3.11. The maximum atomic E-state index is 12.5. The first-order valence-corrected chi connectivity index (χ1v) is 7.57. The van der Waals surface area contributed by atoms with Crippen molar-refractivity contribution in [1.82, 2.24) is 10.1 Å². The van der Waals surface area contributed by atoms with Crippen LogP contribution in [0.3, 0.4) is 0 Å². The lowest BCUT2D eigenvalue weighted by Crippen LogP contribution is -2.12. The van der Waals surface area contributed by atoms with Crippen molar-refractivity contribution in [2.45, 2.75) is 13.1 Å². The minimum absolute atomic E-state index is 0.148. The molecule has 0 aliphatic heterocycles. The van der Waals surface area contributed by atoms with Gasteiger partial charge in [0.15, 0.2) is 12.4 Å². The molecule has 0 bridgehead atoms. The van der Waals surface area contributed by atoms with E-state index < -0.39 is 12.1 Å². The number of nitrogens with zero attached hydrogens (tertiary/aromatic N) is 2. The Bertz CT molecular complexity index is 918. The summed E-state index contributed by atoms with van der Waals surface area (Å²) < 4.78 is 47.1. The van der Waals surface area contributed by atoms with Crippen molar-refractivity contribution in [3.63, 3.8) is 0 Å². The molecule has 1 heterocycles. The van der Waals surface area contributed by atoms with Crippen molar-refractivity contribution in [3.8, 4) is 17.1 Å². The quantitative estimate of drug-likeness (QED) is 0.632. The van der Waals surface area contributed by atoms with E-state index in [0.29, 0.717) is 16.9 Å². The number of para-hydroxylation sites is 1. The van der Waals surface area contributed by atoms with Gasteiger partial charge in [-0.05, 0) is 18.6 Å². The van der Waals surface area contributed by atoms with Crippen LogP contribution in [0.25, 0.3) is 11.4 Å². The zero-order valence-corrected chi connectivity index (χ0v) is 13.6. The van der Waals surface area contributed by atoms with Gasteiger partial charge in [0.1, 0.15) is 5.75 Å². The molecule has 0 radical (unpaired) electrons. The molecule has 0 aliphatic rings. The number of ether oxygens (including phenoxy) is 1. The van der Waals surface area contributed by atoms with Crippen LogP contribution in [-0.2, 0) is 6.18 Å². The van der Waals surface area contributed by atoms with Crippen LogP contribution in [0, 0.1) is 6.92 Å².